The maximum absolute atomic E-state index is 14.5. The van der Waals surface area contributed by atoms with Gasteiger partial charge >= 0.3 is 7.82 Å². The van der Waals surface area contributed by atoms with Crippen LogP contribution in [0.15, 0.2) is 54.6 Å². The predicted molar refractivity (Wildman–Crippen MR) is 271 cm³/mol. The van der Waals surface area contributed by atoms with Gasteiger partial charge in [0.2, 0.25) is 29.5 Å². The highest BCUT2D eigenvalue weighted by Gasteiger charge is 2.44. The van der Waals surface area contributed by atoms with Crippen molar-refractivity contribution in [3.8, 4) is 0 Å². The minimum atomic E-state index is -4.73. The fourth-order valence-corrected chi connectivity index (χ4v) is 10.3. The highest BCUT2D eigenvalue weighted by atomic mass is 31.2. The van der Waals surface area contributed by atoms with Gasteiger partial charge in [0.1, 0.15) is 12.1 Å². The molecule has 2 aromatic rings. The maximum atomic E-state index is 14.5. The van der Waals surface area contributed by atoms with E-state index in [1.54, 1.807) is 99.3 Å². The molecule has 2 aromatic carbocycles. The van der Waals surface area contributed by atoms with E-state index in [0.29, 0.717) is 42.6 Å². The number of carbonyl (C=O) groups excluding carboxylic acids is 5. The van der Waals surface area contributed by atoms with Crippen molar-refractivity contribution in [2.75, 3.05) is 54.3 Å². The predicted octanol–water partition coefficient (Wildman–Crippen LogP) is 5.76. The van der Waals surface area contributed by atoms with Crippen LogP contribution in [0.5, 0.6) is 0 Å². The first-order chi connectivity index (χ1) is 32.9. The van der Waals surface area contributed by atoms with Crippen molar-refractivity contribution in [1.82, 2.24) is 30.7 Å². The van der Waals surface area contributed by atoms with E-state index >= 15 is 0 Å². The minimum Gasteiger partial charge on any atom is -0.379 e. The lowest BCUT2D eigenvalue weighted by atomic mass is 9.89. The Balaban J connectivity index is 1.76. The van der Waals surface area contributed by atoms with Gasteiger partial charge in [0, 0.05) is 33.5 Å². The lowest BCUT2D eigenvalue weighted by Gasteiger charge is -2.41. The SMILES string of the molecule is CC[C@H](C)[C@@H]([C@@H](CC(=O)N1CCC[C@H]1[C@H](OC)[C@@H](C)C(=O)N[C@H](C)[C@@H](OP(=O)(O)OCc1ccc(NC(=O)[C@H](C)NC)cc1)c1ccccc1)OC)N(C)C(=O)[C@@H](NC(=O)[C@H](C(C)C)N(C)C)C(C)C. The van der Waals surface area contributed by atoms with Gasteiger partial charge in [0.15, 0.2) is 0 Å². The third-order valence-electron chi connectivity index (χ3n) is 13.6. The van der Waals surface area contributed by atoms with Gasteiger partial charge in [-0.1, -0.05) is 97.4 Å². The zero-order valence-electron chi connectivity index (χ0n) is 44.3. The molecule has 19 heteroatoms. The van der Waals surface area contributed by atoms with Gasteiger partial charge in [-0.25, -0.2) is 4.57 Å². The molecule has 3 rings (SSSR count). The summed E-state index contributed by atoms with van der Waals surface area (Å²) in [5.41, 5.74) is 1.63. The first-order valence-corrected chi connectivity index (χ1v) is 26.1. The van der Waals surface area contributed by atoms with E-state index in [1.807, 2.05) is 60.5 Å². The van der Waals surface area contributed by atoms with Gasteiger partial charge in [-0.3, -0.25) is 37.9 Å². The molecule has 12 atom stereocenters. The molecule has 0 spiro atoms. The summed E-state index contributed by atoms with van der Waals surface area (Å²) in [5.74, 6) is -2.39. The lowest BCUT2D eigenvalue weighted by molar-refractivity contribution is -0.148. The summed E-state index contributed by atoms with van der Waals surface area (Å²) in [4.78, 5) is 85.0. The van der Waals surface area contributed by atoms with Crippen LogP contribution in [0, 0.1) is 23.7 Å². The van der Waals surface area contributed by atoms with E-state index in [-0.39, 0.29) is 54.4 Å². The fourth-order valence-electron chi connectivity index (χ4n) is 9.32. The number of carbonyl (C=O) groups is 5. The van der Waals surface area contributed by atoms with Crippen molar-refractivity contribution >= 4 is 43.0 Å². The van der Waals surface area contributed by atoms with Crippen LogP contribution in [0.3, 0.4) is 0 Å². The fraction of sp³-hybridized carbons (Fsp3) is 0.667. The summed E-state index contributed by atoms with van der Waals surface area (Å²) in [6.07, 6.45) is -0.613. The van der Waals surface area contributed by atoms with Crippen molar-refractivity contribution in [2.24, 2.45) is 23.7 Å². The molecule has 70 heavy (non-hydrogen) atoms. The largest absolute Gasteiger partial charge is 0.473 e. The van der Waals surface area contributed by atoms with Crippen LogP contribution in [0.4, 0.5) is 5.69 Å². The second kappa shape index (κ2) is 28.1. The molecule has 5 N–H and O–H groups in total. The first-order valence-electron chi connectivity index (χ1n) is 24.6. The van der Waals surface area contributed by atoms with E-state index < -0.39 is 74.2 Å². The Morgan fingerprint density at radius 3 is 2.00 bits per heavy atom. The summed E-state index contributed by atoms with van der Waals surface area (Å²) in [5, 5.41) is 11.7. The van der Waals surface area contributed by atoms with E-state index in [2.05, 4.69) is 21.3 Å². The molecule has 1 aliphatic rings. The normalized spacial score (nSPS) is 19.2. The Bertz CT molecular complexity index is 2020. The number of nitrogens with one attached hydrogen (secondary N) is 4. The van der Waals surface area contributed by atoms with Crippen LogP contribution in [-0.2, 0) is 53.7 Å². The number of rotatable bonds is 28. The second-order valence-electron chi connectivity index (χ2n) is 19.6. The lowest BCUT2D eigenvalue weighted by Crippen LogP contribution is -2.59. The van der Waals surface area contributed by atoms with Crippen LogP contribution in [0.1, 0.15) is 105 Å². The van der Waals surface area contributed by atoms with Crippen molar-refractivity contribution < 1.29 is 52.0 Å². The van der Waals surface area contributed by atoms with Crippen molar-refractivity contribution in [3.63, 3.8) is 0 Å². The molecule has 5 amide bonds. The van der Waals surface area contributed by atoms with Crippen molar-refractivity contribution in [2.45, 2.75) is 149 Å². The molecule has 0 saturated carbocycles. The molecule has 1 unspecified atom stereocenters. The second-order valence-corrected chi connectivity index (χ2v) is 21.1. The van der Waals surface area contributed by atoms with Gasteiger partial charge in [-0.05, 0) is 88.8 Å². The number of amides is 5. The Morgan fingerprint density at radius 2 is 1.47 bits per heavy atom. The minimum absolute atomic E-state index is 0.0145. The van der Waals surface area contributed by atoms with Gasteiger partial charge in [-0.2, -0.15) is 0 Å². The molecule has 18 nitrogen and oxygen atoms in total. The molecule has 394 valence electrons. The number of phosphoric ester groups is 1. The average Bonchev–Trinajstić information content (AvgIpc) is 3.81. The third-order valence-corrected chi connectivity index (χ3v) is 14.5. The third kappa shape index (κ3) is 16.7. The molecule has 1 aliphatic heterocycles. The molecule has 1 heterocycles. The standard InChI is InChI=1S/C51H84N7O11P/c1-16-33(6)45(57(13)51(63)43(31(2)3)55-50(62)44(32(4)5)56(11)12)41(66-14)29-42(59)58-28-20-23-40(58)46(67-15)34(7)48(60)53-35(8)47(38-21-18-17-19-22-38)69-70(64,65)68-30-37-24-26-39(27-25-37)54-49(61)36(9)52-10/h17-19,21-22,24-27,31-36,40-41,43-47,52H,16,20,23,28-30H2,1-15H3,(H,53,60)(H,54,61)(H,55,62)(H,64,65)/t33-,34+,35+,36-,40-,41+,43-,44-,45-,46+,47+/m0/s1. The molecule has 0 aromatic heterocycles. The monoisotopic (exact) mass is 1000 g/mol. The zero-order chi connectivity index (χ0) is 52.6. The maximum Gasteiger partial charge on any atom is 0.473 e. The number of ether oxygens (including phenoxy) is 2. The highest BCUT2D eigenvalue weighted by molar-refractivity contribution is 7.47. The Labute approximate surface area is 417 Å². The van der Waals surface area contributed by atoms with Crippen LogP contribution < -0.4 is 21.3 Å². The van der Waals surface area contributed by atoms with Gasteiger partial charge in [0.25, 0.3) is 0 Å². The quantitative estimate of drug-likeness (QED) is 0.0642. The Morgan fingerprint density at radius 1 is 0.843 bits per heavy atom. The highest BCUT2D eigenvalue weighted by Crippen LogP contribution is 2.49. The number of hydrogen-bond donors (Lipinski definition) is 5. The Hall–Kier alpha value is -4.26. The molecule has 0 radical (unpaired) electrons. The molecule has 1 saturated heterocycles. The summed E-state index contributed by atoms with van der Waals surface area (Å²) >= 11 is 0. The summed E-state index contributed by atoms with van der Waals surface area (Å²) < 4.78 is 36.8. The number of anilines is 1. The number of phosphoric acid groups is 1. The van der Waals surface area contributed by atoms with Crippen LogP contribution >= 0.6 is 7.82 Å². The van der Waals surface area contributed by atoms with Gasteiger partial charge in [0.05, 0.1) is 61.4 Å². The molecule has 1 fully saturated rings. The van der Waals surface area contributed by atoms with Crippen molar-refractivity contribution in [3.05, 3.63) is 65.7 Å². The van der Waals surface area contributed by atoms with E-state index in [9.17, 15) is 33.4 Å². The summed E-state index contributed by atoms with van der Waals surface area (Å²) in [6.45, 7) is 17.1. The van der Waals surface area contributed by atoms with Gasteiger partial charge < -0.3 is 45.4 Å². The number of likely N-dealkylation sites (tertiary alicyclic amines) is 1. The molecular weight excluding hydrogens is 918 g/mol. The summed E-state index contributed by atoms with van der Waals surface area (Å²) in [6, 6.07) is 11.9. The van der Waals surface area contributed by atoms with E-state index in [4.69, 9.17) is 18.5 Å². The van der Waals surface area contributed by atoms with Crippen molar-refractivity contribution in [1.29, 1.82) is 0 Å². The van der Waals surface area contributed by atoms with Crippen LogP contribution in [0.2, 0.25) is 0 Å². The number of likely N-dealkylation sites (N-methyl/N-ethyl adjacent to an activating group) is 3. The average molecular weight is 1000 g/mol. The topological polar surface area (TPSA) is 217 Å². The molecule has 0 bridgehead atoms. The number of benzene rings is 2. The molecule has 0 aliphatic carbocycles. The smallest absolute Gasteiger partial charge is 0.379 e. The Kier molecular flexibility index (Phi) is 24.1. The van der Waals surface area contributed by atoms with Crippen LogP contribution in [0.25, 0.3) is 0 Å². The van der Waals surface area contributed by atoms with Gasteiger partial charge in [-0.15, -0.1) is 0 Å². The van der Waals surface area contributed by atoms with E-state index in [1.165, 1.54) is 14.2 Å². The number of nitrogens with zero attached hydrogens (tertiary/aromatic N) is 3. The summed E-state index contributed by atoms with van der Waals surface area (Å²) in [7, 11) is 5.39. The van der Waals surface area contributed by atoms with Crippen LogP contribution in [-0.4, -0.2) is 147 Å². The number of methoxy groups -OCH3 is 2. The zero-order valence-corrected chi connectivity index (χ0v) is 45.2. The first kappa shape index (κ1) is 60.0. The number of hydrogen-bond acceptors (Lipinski definition) is 12. The van der Waals surface area contributed by atoms with E-state index in [0.717, 1.165) is 0 Å². The molecular formula is C51H84N7O11P.